The van der Waals surface area contributed by atoms with E-state index in [1.165, 1.54) is 18.7 Å². The van der Waals surface area contributed by atoms with Crippen molar-refractivity contribution in [3.8, 4) is 0 Å². The molecular weight excluding hydrogens is 214 g/mol. The Balaban J connectivity index is 2.63. The fourth-order valence-corrected chi connectivity index (χ4v) is 2.01. The molecule has 0 aromatic carbocycles. The average molecular weight is 239 g/mol. The van der Waals surface area contributed by atoms with Gasteiger partial charge in [-0.25, -0.2) is 4.68 Å². The molecule has 1 aromatic heterocycles. The lowest BCUT2D eigenvalue weighted by molar-refractivity contribution is 0.189. The highest BCUT2D eigenvalue weighted by molar-refractivity contribution is 5.38. The molecular formula is C13H25N3O. The van der Waals surface area contributed by atoms with E-state index in [1.54, 1.807) is 7.11 Å². The van der Waals surface area contributed by atoms with Crippen molar-refractivity contribution >= 4 is 5.82 Å². The second-order valence-electron chi connectivity index (χ2n) is 4.25. The third kappa shape index (κ3) is 4.38. The molecule has 0 N–H and O–H groups in total. The molecule has 0 amide bonds. The zero-order chi connectivity index (χ0) is 12.5. The van der Waals surface area contributed by atoms with Crippen molar-refractivity contribution in [1.82, 2.24) is 9.78 Å². The van der Waals surface area contributed by atoms with Crippen LogP contribution in [0.4, 0.5) is 5.82 Å². The van der Waals surface area contributed by atoms with Gasteiger partial charge in [0, 0.05) is 39.4 Å². The van der Waals surface area contributed by atoms with Crippen molar-refractivity contribution in [2.45, 2.75) is 39.7 Å². The summed E-state index contributed by atoms with van der Waals surface area (Å²) in [5.41, 5.74) is 0. The van der Waals surface area contributed by atoms with E-state index in [4.69, 9.17) is 4.74 Å². The fraction of sp³-hybridized carbons (Fsp3) is 0.769. The van der Waals surface area contributed by atoms with E-state index in [9.17, 15) is 0 Å². The Morgan fingerprint density at radius 3 is 2.59 bits per heavy atom. The Bertz CT molecular complexity index is 293. The highest BCUT2D eigenvalue weighted by Gasteiger charge is 2.09. The zero-order valence-corrected chi connectivity index (χ0v) is 11.4. The van der Waals surface area contributed by atoms with E-state index in [2.05, 4.69) is 34.6 Å². The minimum absolute atomic E-state index is 0.793. The van der Waals surface area contributed by atoms with Gasteiger partial charge < -0.3 is 9.64 Å². The van der Waals surface area contributed by atoms with Crippen molar-refractivity contribution in [3.05, 3.63) is 12.3 Å². The quantitative estimate of drug-likeness (QED) is 0.620. The van der Waals surface area contributed by atoms with Crippen molar-refractivity contribution < 1.29 is 4.74 Å². The van der Waals surface area contributed by atoms with Gasteiger partial charge in [0.1, 0.15) is 5.82 Å². The Morgan fingerprint density at radius 2 is 2.00 bits per heavy atom. The number of methoxy groups -OCH3 is 1. The van der Waals surface area contributed by atoms with Crippen LogP contribution in [0.3, 0.4) is 0 Å². The average Bonchev–Trinajstić information content (AvgIpc) is 2.77. The number of nitrogens with zero attached hydrogens (tertiary/aromatic N) is 3. The molecule has 1 aromatic rings. The maximum Gasteiger partial charge on any atom is 0.126 e. The van der Waals surface area contributed by atoms with Crippen LogP contribution in [0, 0.1) is 0 Å². The van der Waals surface area contributed by atoms with Crippen LogP contribution < -0.4 is 4.90 Å². The van der Waals surface area contributed by atoms with Crippen LogP contribution in [0.2, 0.25) is 0 Å². The molecule has 1 heterocycles. The van der Waals surface area contributed by atoms with Crippen LogP contribution in [0.5, 0.6) is 0 Å². The Hall–Kier alpha value is -1.03. The fourth-order valence-electron chi connectivity index (χ4n) is 2.01. The molecule has 0 radical (unpaired) electrons. The Labute approximate surface area is 105 Å². The van der Waals surface area contributed by atoms with Gasteiger partial charge in [0.25, 0.3) is 0 Å². The summed E-state index contributed by atoms with van der Waals surface area (Å²) in [5, 5.41) is 4.39. The molecule has 4 heteroatoms. The summed E-state index contributed by atoms with van der Waals surface area (Å²) in [6.45, 7) is 8.36. The van der Waals surface area contributed by atoms with Gasteiger partial charge in [0.15, 0.2) is 0 Å². The molecule has 0 aliphatic heterocycles. The molecule has 0 atom stereocenters. The first-order valence-corrected chi connectivity index (χ1v) is 6.59. The molecule has 1 rings (SSSR count). The largest absolute Gasteiger partial charge is 0.385 e. The van der Waals surface area contributed by atoms with E-state index < -0.39 is 0 Å². The highest BCUT2D eigenvalue weighted by atomic mass is 16.5. The first-order valence-electron chi connectivity index (χ1n) is 6.59. The van der Waals surface area contributed by atoms with E-state index in [-0.39, 0.29) is 0 Å². The lowest BCUT2D eigenvalue weighted by Gasteiger charge is -2.24. The van der Waals surface area contributed by atoms with Gasteiger partial charge in [0.05, 0.1) is 6.20 Å². The molecule has 0 aliphatic rings. The van der Waals surface area contributed by atoms with E-state index in [0.717, 1.165) is 32.7 Å². The second kappa shape index (κ2) is 8.12. The Kier molecular flexibility index (Phi) is 6.70. The van der Waals surface area contributed by atoms with Gasteiger partial charge in [-0.15, -0.1) is 0 Å². The maximum atomic E-state index is 5.08. The van der Waals surface area contributed by atoms with Gasteiger partial charge in [-0.2, -0.15) is 5.10 Å². The summed E-state index contributed by atoms with van der Waals surface area (Å²) >= 11 is 0. The van der Waals surface area contributed by atoms with E-state index in [0.29, 0.717) is 0 Å². The maximum absolute atomic E-state index is 5.08. The van der Waals surface area contributed by atoms with Crippen LogP contribution in [-0.4, -0.2) is 36.6 Å². The Morgan fingerprint density at radius 1 is 1.29 bits per heavy atom. The SMILES string of the molecule is CCCN(CCC)c1ccnn1CCCOC. The minimum Gasteiger partial charge on any atom is -0.385 e. The summed E-state index contributed by atoms with van der Waals surface area (Å²) < 4.78 is 7.17. The van der Waals surface area contributed by atoms with Crippen molar-refractivity contribution in [2.75, 3.05) is 31.7 Å². The third-order valence-electron chi connectivity index (χ3n) is 2.72. The van der Waals surface area contributed by atoms with Gasteiger partial charge >= 0.3 is 0 Å². The number of hydrogen-bond donors (Lipinski definition) is 0. The number of aryl methyl sites for hydroxylation is 1. The second-order valence-corrected chi connectivity index (χ2v) is 4.25. The molecule has 0 saturated heterocycles. The summed E-state index contributed by atoms with van der Waals surface area (Å²) in [7, 11) is 1.74. The molecule has 4 nitrogen and oxygen atoms in total. The predicted molar refractivity (Wildman–Crippen MR) is 71.5 cm³/mol. The standard InChI is InChI=1S/C13H25N3O/c1-4-9-15(10-5-2)13-7-8-14-16(13)11-6-12-17-3/h7-8H,4-6,9-12H2,1-3H3. The molecule has 0 aliphatic carbocycles. The molecule has 0 bridgehead atoms. The van der Waals surface area contributed by atoms with E-state index >= 15 is 0 Å². The summed E-state index contributed by atoms with van der Waals surface area (Å²) in [5.74, 6) is 1.24. The molecule has 0 unspecified atom stereocenters. The molecule has 0 fully saturated rings. The number of aromatic nitrogens is 2. The van der Waals surface area contributed by atoms with Gasteiger partial charge in [-0.05, 0) is 19.3 Å². The minimum atomic E-state index is 0.793. The highest BCUT2D eigenvalue weighted by Crippen LogP contribution is 2.15. The van der Waals surface area contributed by atoms with Crippen molar-refractivity contribution in [3.63, 3.8) is 0 Å². The molecule has 0 spiro atoms. The smallest absolute Gasteiger partial charge is 0.126 e. The predicted octanol–water partition coefficient (Wildman–Crippen LogP) is 2.55. The summed E-state index contributed by atoms with van der Waals surface area (Å²) in [6.07, 6.45) is 5.24. The monoisotopic (exact) mass is 239 g/mol. The summed E-state index contributed by atoms with van der Waals surface area (Å²) in [4.78, 5) is 2.42. The van der Waals surface area contributed by atoms with Crippen LogP contribution >= 0.6 is 0 Å². The van der Waals surface area contributed by atoms with Crippen molar-refractivity contribution in [1.29, 1.82) is 0 Å². The third-order valence-corrected chi connectivity index (χ3v) is 2.72. The van der Waals surface area contributed by atoms with Gasteiger partial charge in [0.2, 0.25) is 0 Å². The topological polar surface area (TPSA) is 30.3 Å². The van der Waals surface area contributed by atoms with Crippen LogP contribution in [0.1, 0.15) is 33.1 Å². The number of hydrogen-bond acceptors (Lipinski definition) is 3. The lowest BCUT2D eigenvalue weighted by atomic mass is 10.3. The van der Waals surface area contributed by atoms with Crippen molar-refractivity contribution in [2.24, 2.45) is 0 Å². The van der Waals surface area contributed by atoms with Gasteiger partial charge in [-0.1, -0.05) is 13.8 Å². The van der Waals surface area contributed by atoms with E-state index in [1.807, 2.05) is 6.20 Å². The number of ether oxygens (including phenoxy) is 1. The first-order chi connectivity index (χ1) is 8.33. The lowest BCUT2D eigenvalue weighted by Crippen LogP contribution is -2.27. The van der Waals surface area contributed by atoms with Crippen LogP contribution in [0.25, 0.3) is 0 Å². The molecule has 17 heavy (non-hydrogen) atoms. The first kappa shape index (κ1) is 14.0. The van der Waals surface area contributed by atoms with Gasteiger partial charge in [-0.3, -0.25) is 0 Å². The van der Waals surface area contributed by atoms with Crippen LogP contribution in [-0.2, 0) is 11.3 Å². The molecule has 98 valence electrons. The molecule has 0 saturated carbocycles. The summed E-state index contributed by atoms with van der Waals surface area (Å²) in [6, 6.07) is 2.11. The number of rotatable bonds is 9. The van der Waals surface area contributed by atoms with Crippen LogP contribution in [0.15, 0.2) is 12.3 Å². The zero-order valence-electron chi connectivity index (χ0n) is 11.4. The number of anilines is 1. The normalized spacial score (nSPS) is 10.8.